The summed E-state index contributed by atoms with van der Waals surface area (Å²) in [7, 11) is 4.05. The largest absolute Gasteiger partial charge is 0.545 e. The summed E-state index contributed by atoms with van der Waals surface area (Å²) in [5, 5.41) is 24.5. The van der Waals surface area contributed by atoms with E-state index in [0.29, 0.717) is 12.2 Å². The molecule has 0 bridgehead atoms. The summed E-state index contributed by atoms with van der Waals surface area (Å²) in [4.78, 5) is 22.2. The van der Waals surface area contributed by atoms with Crippen LogP contribution in [0.1, 0.15) is 16.8 Å². The van der Waals surface area contributed by atoms with Gasteiger partial charge in [0.15, 0.2) is 0 Å². The van der Waals surface area contributed by atoms with Gasteiger partial charge in [-0.1, -0.05) is 0 Å². The lowest BCUT2D eigenvalue weighted by molar-refractivity contribution is -0.858. The molecule has 1 rings (SSSR count). The molecule has 0 saturated carbocycles. The number of carbonyl (C=O) groups excluding carboxylic acids is 1. The smallest absolute Gasteiger partial charge is 0.270 e. The summed E-state index contributed by atoms with van der Waals surface area (Å²) >= 11 is 0. The van der Waals surface area contributed by atoms with Crippen molar-refractivity contribution in [3.63, 3.8) is 0 Å². The van der Waals surface area contributed by atoms with E-state index in [2.05, 4.69) is 5.32 Å². The predicted molar refractivity (Wildman–Crippen MR) is 68.2 cm³/mol. The molecule has 7 heteroatoms. The lowest BCUT2D eigenvalue weighted by Gasteiger charge is -2.13. The second-order valence-electron chi connectivity index (χ2n) is 4.51. The minimum Gasteiger partial charge on any atom is -0.545 e. The van der Waals surface area contributed by atoms with Gasteiger partial charge >= 0.3 is 0 Å². The summed E-state index contributed by atoms with van der Waals surface area (Å²) in [6.45, 7) is 1.55. The first-order valence-corrected chi connectivity index (χ1v) is 5.94. The summed E-state index contributed by atoms with van der Waals surface area (Å²) in [6, 6.07) is 3.67. The molecule has 0 fully saturated rings. The third-order valence-corrected chi connectivity index (χ3v) is 2.60. The van der Waals surface area contributed by atoms with Gasteiger partial charge in [-0.05, 0) is 6.07 Å². The molecule has 0 saturated heterocycles. The van der Waals surface area contributed by atoms with Crippen LogP contribution in [0, 0.1) is 10.1 Å². The van der Waals surface area contributed by atoms with Crippen LogP contribution in [0.5, 0.6) is 0 Å². The highest BCUT2D eigenvalue weighted by molar-refractivity contribution is 5.93. The molecule has 0 aromatic heterocycles. The Bertz CT molecular complexity index is 474. The maximum atomic E-state index is 11.0. The van der Waals surface area contributed by atoms with Crippen molar-refractivity contribution in [3.8, 4) is 0 Å². The Morgan fingerprint density at radius 1 is 1.42 bits per heavy atom. The number of carboxylic acids is 1. The van der Waals surface area contributed by atoms with Gasteiger partial charge in [0.2, 0.25) is 0 Å². The van der Waals surface area contributed by atoms with Crippen LogP contribution in [-0.4, -0.2) is 38.1 Å². The Hall–Kier alpha value is -2.15. The third-order valence-electron chi connectivity index (χ3n) is 2.60. The lowest BCUT2D eigenvalue weighted by Crippen LogP contribution is -3.05. The number of nitrogens with one attached hydrogen (secondary N) is 2. The number of non-ortho nitro benzene ring substituents is 1. The molecule has 1 aromatic carbocycles. The van der Waals surface area contributed by atoms with Crippen molar-refractivity contribution in [1.29, 1.82) is 0 Å². The van der Waals surface area contributed by atoms with Crippen molar-refractivity contribution in [2.45, 2.75) is 6.42 Å². The standard InChI is InChI=1S/C12H17N3O4/c1-14(2)7-3-6-13-11-5-4-9(15(18)19)8-10(11)12(16)17/h4-5,8,13H,3,6-7H2,1-2H3,(H,16,17). The van der Waals surface area contributed by atoms with Gasteiger partial charge in [-0.25, -0.2) is 0 Å². The van der Waals surface area contributed by atoms with Gasteiger partial charge in [-0.2, -0.15) is 0 Å². The zero-order chi connectivity index (χ0) is 14.4. The van der Waals surface area contributed by atoms with E-state index in [1.54, 1.807) is 0 Å². The Kier molecular flexibility index (Phi) is 5.25. The Morgan fingerprint density at radius 3 is 2.63 bits per heavy atom. The zero-order valence-corrected chi connectivity index (χ0v) is 10.9. The number of carbonyl (C=O) groups is 1. The van der Waals surface area contributed by atoms with Gasteiger partial charge in [0.1, 0.15) is 0 Å². The van der Waals surface area contributed by atoms with Crippen molar-refractivity contribution in [1.82, 2.24) is 0 Å². The Labute approximate surface area is 111 Å². The molecule has 2 N–H and O–H groups in total. The number of hydrogen-bond donors (Lipinski definition) is 2. The molecule has 0 aliphatic carbocycles. The molecule has 1 aromatic rings. The molecule has 0 atom stereocenters. The van der Waals surface area contributed by atoms with E-state index in [-0.39, 0.29) is 11.3 Å². The van der Waals surface area contributed by atoms with Gasteiger partial charge in [-0.15, -0.1) is 0 Å². The first-order valence-electron chi connectivity index (χ1n) is 5.94. The van der Waals surface area contributed by atoms with Gasteiger partial charge in [0.05, 0.1) is 31.5 Å². The minimum absolute atomic E-state index is 0.189. The fourth-order valence-corrected chi connectivity index (χ4v) is 1.63. The summed E-state index contributed by atoms with van der Waals surface area (Å²) in [5.74, 6) is -1.43. The number of carboxylic acid groups (broad SMARTS) is 1. The topological polar surface area (TPSA) is 99.7 Å². The first kappa shape index (κ1) is 14.9. The average molecular weight is 267 g/mol. The van der Waals surface area contributed by atoms with Crippen molar-refractivity contribution in [2.75, 3.05) is 32.5 Å². The Morgan fingerprint density at radius 2 is 2.11 bits per heavy atom. The second-order valence-corrected chi connectivity index (χ2v) is 4.51. The zero-order valence-electron chi connectivity index (χ0n) is 10.9. The van der Waals surface area contributed by atoms with E-state index in [1.807, 2.05) is 14.1 Å². The number of nitrogens with zero attached hydrogens (tertiary/aromatic N) is 1. The summed E-state index contributed by atoms with van der Waals surface area (Å²) in [5.41, 5.74) is -0.103. The molecule has 0 aliphatic heterocycles. The fourth-order valence-electron chi connectivity index (χ4n) is 1.63. The Balaban J connectivity index is 2.77. The van der Waals surface area contributed by atoms with E-state index < -0.39 is 10.9 Å². The average Bonchev–Trinajstić information content (AvgIpc) is 2.34. The van der Waals surface area contributed by atoms with Crippen LogP contribution in [0.2, 0.25) is 0 Å². The summed E-state index contributed by atoms with van der Waals surface area (Å²) < 4.78 is 0. The lowest BCUT2D eigenvalue weighted by atomic mass is 10.1. The van der Waals surface area contributed by atoms with Gasteiger partial charge in [0, 0.05) is 36.3 Å². The van der Waals surface area contributed by atoms with E-state index >= 15 is 0 Å². The van der Waals surface area contributed by atoms with Gasteiger partial charge in [0.25, 0.3) is 5.69 Å². The van der Waals surface area contributed by atoms with Crippen LogP contribution in [-0.2, 0) is 0 Å². The molecule has 104 valence electrons. The fraction of sp³-hybridized carbons (Fsp3) is 0.417. The molecule has 0 radical (unpaired) electrons. The van der Waals surface area contributed by atoms with Crippen molar-refractivity contribution in [3.05, 3.63) is 33.9 Å². The van der Waals surface area contributed by atoms with E-state index in [9.17, 15) is 20.0 Å². The molecule has 0 amide bonds. The maximum Gasteiger partial charge on any atom is 0.270 e. The highest BCUT2D eigenvalue weighted by Crippen LogP contribution is 2.21. The molecular formula is C12H17N3O4. The summed E-state index contributed by atoms with van der Waals surface area (Å²) in [6.07, 6.45) is 0.867. The number of nitro benzene ring substituents is 1. The molecule has 19 heavy (non-hydrogen) atoms. The minimum atomic E-state index is -1.43. The van der Waals surface area contributed by atoms with Crippen molar-refractivity contribution >= 4 is 17.3 Å². The normalized spacial score (nSPS) is 10.5. The van der Waals surface area contributed by atoms with Crippen LogP contribution in [0.4, 0.5) is 11.4 Å². The monoisotopic (exact) mass is 267 g/mol. The number of nitro groups is 1. The molecule has 0 unspecified atom stereocenters. The van der Waals surface area contributed by atoms with Gasteiger partial charge in [-0.3, -0.25) is 10.1 Å². The quantitative estimate of drug-likeness (QED) is 0.371. The molecule has 0 heterocycles. The molecule has 0 aliphatic rings. The van der Waals surface area contributed by atoms with Crippen molar-refractivity contribution in [2.24, 2.45) is 0 Å². The van der Waals surface area contributed by atoms with Crippen LogP contribution < -0.4 is 15.3 Å². The third kappa shape index (κ3) is 4.55. The second kappa shape index (κ2) is 6.69. The SMILES string of the molecule is C[NH+](C)CCCNc1ccc([N+](=O)[O-])cc1C(=O)[O-]. The number of quaternary nitrogens is 1. The number of aromatic carboxylic acids is 1. The number of hydrogen-bond acceptors (Lipinski definition) is 5. The highest BCUT2D eigenvalue weighted by Gasteiger charge is 2.11. The van der Waals surface area contributed by atoms with E-state index in [0.717, 1.165) is 19.0 Å². The van der Waals surface area contributed by atoms with Crippen LogP contribution in [0.15, 0.2) is 18.2 Å². The number of benzene rings is 1. The molecular weight excluding hydrogens is 250 g/mol. The van der Waals surface area contributed by atoms with Crippen molar-refractivity contribution < 1.29 is 19.7 Å². The first-order chi connectivity index (χ1) is 8.91. The molecule has 0 spiro atoms. The number of anilines is 1. The van der Waals surface area contributed by atoms with Crippen LogP contribution in [0.25, 0.3) is 0 Å². The van der Waals surface area contributed by atoms with Gasteiger partial charge < -0.3 is 20.1 Å². The maximum absolute atomic E-state index is 11.0. The van der Waals surface area contributed by atoms with E-state index in [1.165, 1.54) is 17.0 Å². The van der Waals surface area contributed by atoms with E-state index in [4.69, 9.17) is 0 Å². The number of rotatable bonds is 7. The highest BCUT2D eigenvalue weighted by atomic mass is 16.6. The van der Waals surface area contributed by atoms with Crippen LogP contribution in [0.3, 0.4) is 0 Å². The molecule has 7 nitrogen and oxygen atoms in total. The van der Waals surface area contributed by atoms with Crippen LogP contribution >= 0.6 is 0 Å². The predicted octanol–water partition coefficient (Wildman–Crippen LogP) is -1.10.